The Labute approximate surface area is 156 Å². The third kappa shape index (κ3) is 2.37. The molecule has 0 radical (unpaired) electrons. The number of ether oxygens (including phenoxy) is 1. The number of hydrogen-bond donors (Lipinski definition) is 0. The zero-order valence-electron chi connectivity index (χ0n) is 14.3. The van der Waals surface area contributed by atoms with Gasteiger partial charge in [-0.05, 0) is 31.0 Å². The molecule has 1 amide bonds. The van der Waals surface area contributed by atoms with E-state index in [2.05, 4.69) is 12.1 Å². The molecule has 0 N–H and O–H groups in total. The van der Waals surface area contributed by atoms with E-state index in [4.69, 9.17) is 4.74 Å². The third-order valence-corrected chi connectivity index (χ3v) is 7.08. The normalized spacial score (nSPS) is 25.2. The molecule has 4 nitrogen and oxygen atoms in total. The van der Waals surface area contributed by atoms with Gasteiger partial charge in [-0.1, -0.05) is 36.4 Å². The highest BCUT2D eigenvalue weighted by Gasteiger charge is 2.57. The second-order valence-electron chi connectivity index (χ2n) is 7.32. The first-order valence-electron chi connectivity index (χ1n) is 8.98. The SMILES string of the molecule is O=C1OC2(CCN(C(=O)C3(Sc4ccccc4)CC3)C2)c2ccccc21. The van der Waals surface area contributed by atoms with E-state index in [0.717, 1.165) is 23.3 Å². The summed E-state index contributed by atoms with van der Waals surface area (Å²) in [7, 11) is 0. The number of amides is 1. The molecule has 1 spiro atoms. The molecule has 1 unspecified atom stereocenters. The molecule has 132 valence electrons. The minimum absolute atomic E-state index is 0.184. The molecule has 1 saturated heterocycles. The molecular formula is C21H19NO3S. The van der Waals surface area contributed by atoms with Gasteiger partial charge in [0.15, 0.2) is 5.60 Å². The number of esters is 1. The molecule has 2 fully saturated rings. The first kappa shape index (κ1) is 15.9. The number of carbonyl (C=O) groups excluding carboxylic acids is 2. The summed E-state index contributed by atoms with van der Waals surface area (Å²) in [6.45, 7) is 1.10. The van der Waals surface area contributed by atoms with Crippen LogP contribution in [0.2, 0.25) is 0 Å². The van der Waals surface area contributed by atoms with E-state index in [-0.39, 0.29) is 16.6 Å². The molecule has 1 saturated carbocycles. The van der Waals surface area contributed by atoms with Crippen molar-refractivity contribution in [1.29, 1.82) is 0 Å². The number of likely N-dealkylation sites (tertiary alicyclic amines) is 1. The lowest BCUT2D eigenvalue weighted by Gasteiger charge is -2.26. The molecule has 3 aliphatic rings. The van der Waals surface area contributed by atoms with Crippen molar-refractivity contribution in [2.24, 2.45) is 0 Å². The Kier molecular flexibility index (Phi) is 3.44. The van der Waals surface area contributed by atoms with E-state index >= 15 is 0 Å². The van der Waals surface area contributed by atoms with Gasteiger partial charge in [-0.3, -0.25) is 4.79 Å². The van der Waals surface area contributed by atoms with Gasteiger partial charge in [0.05, 0.1) is 16.9 Å². The molecule has 2 aromatic rings. The summed E-state index contributed by atoms with van der Waals surface area (Å²) in [5.74, 6) is -0.0849. The Bertz CT molecular complexity index is 893. The second kappa shape index (κ2) is 5.61. The summed E-state index contributed by atoms with van der Waals surface area (Å²) in [4.78, 5) is 28.5. The Morgan fingerprint density at radius 1 is 1.00 bits per heavy atom. The molecule has 0 aromatic heterocycles. The standard InChI is InChI=1S/C21H19NO3S/c23-18-16-8-4-5-9-17(16)20(25-18)12-13-22(14-20)19(24)21(10-11-21)26-15-6-2-1-3-7-15/h1-9H,10-14H2. The van der Waals surface area contributed by atoms with Gasteiger partial charge in [-0.25, -0.2) is 4.79 Å². The maximum atomic E-state index is 13.2. The van der Waals surface area contributed by atoms with Crippen LogP contribution in [0.4, 0.5) is 0 Å². The molecule has 1 aliphatic carbocycles. The van der Waals surface area contributed by atoms with Crippen LogP contribution in [0.5, 0.6) is 0 Å². The fraction of sp³-hybridized carbons (Fsp3) is 0.333. The van der Waals surface area contributed by atoms with E-state index in [1.54, 1.807) is 11.8 Å². The Balaban J connectivity index is 1.37. The first-order chi connectivity index (χ1) is 12.6. The predicted octanol–water partition coefficient (Wildman–Crippen LogP) is 3.61. The zero-order valence-corrected chi connectivity index (χ0v) is 15.1. The van der Waals surface area contributed by atoms with Crippen molar-refractivity contribution in [2.75, 3.05) is 13.1 Å². The van der Waals surface area contributed by atoms with Gasteiger partial charge in [0.25, 0.3) is 0 Å². The zero-order chi connectivity index (χ0) is 17.8. The summed E-state index contributed by atoms with van der Waals surface area (Å²) in [6, 6.07) is 17.7. The van der Waals surface area contributed by atoms with Crippen molar-refractivity contribution in [2.45, 2.75) is 34.5 Å². The van der Waals surface area contributed by atoms with Crippen LogP contribution in [0.3, 0.4) is 0 Å². The smallest absolute Gasteiger partial charge is 0.339 e. The average molecular weight is 365 g/mol. The lowest BCUT2D eigenvalue weighted by atomic mass is 9.91. The molecule has 5 heteroatoms. The number of nitrogens with zero attached hydrogens (tertiary/aromatic N) is 1. The minimum atomic E-state index is -0.656. The van der Waals surface area contributed by atoms with Crippen molar-refractivity contribution in [3.8, 4) is 0 Å². The maximum absolute atomic E-state index is 13.2. The van der Waals surface area contributed by atoms with Crippen molar-refractivity contribution >= 4 is 23.6 Å². The van der Waals surface area contributed by atoms with Gasteiger partial charge in [-0.2, -0.15) is 0 Å². The summed E-state index contributed by atoms with van der Waals surface area (Å²) in [5, 5.41) is 0. The molecule has 0 bridgehead atoms. The van der Waals surface area contributed by atoms with Gasteiger partial charge in [-0.15, -0.1) is 11.8 Å². The van der Waals surface area contributed by atoms with Crippen LogP contribution in [0.25, 0.3) is 0 Å². The highest BCUT2D eigenvalue weighted by atomic mass is 32.2. The summed E-state index contributed by atoms with van der Waals surface area (Å²) in [6.07, 6.45) is 2.49. The molecule has 1 atom stereocenters. The number of thioether (sulfide) groups is 1. The number of hydrogen-bond acceptors (Lipinski definition) is 4. The largest absolute Gasteiger partial charge is 0.449 e. The van der Waals surface area contributed by atoms with Crippen molar-refractivity contribution < 1.29 is 14.3 Å². The fourth-order valence-electron chi connectivity index (χ4n) is 4.08. The van der Waals surface area contributed by atoms with E-state index in [0.29, 0.717) is 25.1 Å². The van der Waals surface area contributed by atoms with E-state index in [1.165, 1.54) is 0 Å². The lowest BCUT2D eigenvalue weighted by Crippen LogP contribution is -2.40. The Morgan fingerprint density at radius 3 is 2.50 bits per heavy atom. The molecule has 2 heterocycles. The monoisotopic (exact) mass is 365 g/mol. The number of fused-ring (bicyclic) bond motifs is 2. The van der Waals surface area contributed by atoms with Crippen LogP contribution < -0.4 is 0 Å². The molecule has 2 aromatic carbocycles. The van der Waals surface area contributed by atoms with Gasteiger partial charge in [0, 0.05) is 23.4 Å². The van der Waals surface area contributed by atoms with Crippen molar-refractivity contribution in [3.05, 3.63) is 65.7 Å². The third-order valence-electron chi connectivity index (χ3n) is 5.60. The van der Waals surface area contributed by atoms with E-state index < -0.39 is 5.60 Å². The van der Waals surface area contributed by atoms with Crippen molar-refractivity contribution in [3.63, 3.8) is 0 Å². The topological polar surface area (TPSA) is 46.6 Å². The molecular weight excluding hydrogens is 346 g/mol. The Hall–Kier alpha value is -2.27. The van der Waals surface area contributed by atoms with Crippen LogP contribution in [0, 0.1) is 0 Å². The molecule has 26 heavy (non-hydrogen) atoms. The van der Waals surface area contributed by atoms with Gasteiger partial charge >= 0.3 is 5.97 Å². The number of rotatable bonds is 3. The van der Waals surface area contributed by atoms with Crippen LogP contribution in [-0.4, -0.2) is 34.6 Å². The fourth-order valence-corrected chi connectivity index (χ4v) is 5.35. The van der Waals surface area contributed by atoms with Gasteiger partial charge in [0.2, 0.25) is 5.91 Å². The van der Waals surface area contributed by atoms with Crippen LogP contribution in [0.1, 0.15) is 35.2 Å². The number of carbonyl (C=O) groups is 2. The quantitative estimate of drug-likeness (QED) is 0.780. The van der Waals surface area contributed by atoms with Gasteiger partial charge < -0.3 is 9.64 Å². The van der Waals surface area contributed by atoms with Gasteiger partial charge in [0.1, 0.15) is 0 Å². The van der Waals surface area contributed by atoms with Crippen LogP contribution in [0.15, 0.2) is 59.5 Å². The summed E-state index contributed by atoms with van der Waals surface area (Å²) < 4.78 is 5.43. The van der Waals surface area contributed by atoms with Crippen molar-refractivity contribution in [1.82, 2.24) is 4.90 Å². The van der Waals surface area contributed by atoms with Crippen LogP contribution in [-0.2, 0) is 15.1 Å². The maximum Gasteiger partial charge on any atom is 0.339 e. The Morgan fingerprint density at radius 2 is 1.73 bits per heavy atom. The summed E-state index contributed by atoms with van der Waals surface area (Å²) in [5.41, 5.74) is 0.916. The van der Waals surface area contributed by atoms with E-state index in [9.17, 15) is 9.59 Å². The highest BCUT2D eigenvalue weighted by molar-refractivity contribution is 8.01. The second-order valence-corrected chi connectivity index (χ2v) is 8.77. The lowest BCUT2D eigenvalue weighted by molar-refractivity contribution is -0.131. The number of benzene rings is 2. The minimum Gasteiger partial charge on any atom is -0.449 e. The highest BCUT2D eigenvalue weighted by Crippen LogP contribution is 2.54. The molecule has 2 aliphatic heterocycles. The predicted molar refractivity (Wildman–Crippen MR) is 99.0 cm³/mol. The molecule has 5 rings (SSSR count). The van der Waals surface area contributed by atoms with Crippen LogP contribution >= 0.6 is 11.8 Å². The summed E-state index contributed by atoms with van der Waals surface area (Å²) >= 11 is 1.67. The van der Waals surface area contributed by atoms with E-state index in [1.807, 2.05) is 47.4 Å². The average Bonchev–Trinajstić information content (AvgIpc) is 3.24. The first-order valence-corrected chi connectivity index (χ1v) is 9.80.